The van der Waals surface area contributed by atoms with E-state index >= 15 is 0 Å². The van der Waals surface area contributed by atoms with E-state index in [9.17, 15) is 0 Å². The Morgan fingerprint density at radius 1 is 1.29 bits per heavy atom. The molecule has 0 atom stereocenters. The predicted octanol–water partition coefficient (Wildman–Crippen LogP) is 1.63. The highest BCUT2D eigenvalue weighted by Gasteiger charge is 2.25. The summed E-state index contributed by atoms with van der Waals surface area (Å²) < 4.78 is 0. The van der Waals surface area contributed by atoms with Gasteiger partial charge < -0.3 is 5.11 Å². The zero-order chi connectivity index (χ0) is 10.8. The number of nitrogens with one attached hydrogen (secondary N) is 2. The van der Waals surface area contributed by atoms with E-state index in [0.717, 1.165) is 5.56 Å². The third-order valence-corrected chi connectivity index (χ3v) is 2.33. The smallest absolute Gasteiger partial charge is 0.127 e. The Bertz CT molecular complexity index is 330. The molecule has 0 aromatic heterocycles. The number of hydroxylamine groups is 1. The standard InChI is InChI=1S/C10H14N2O2/c1-10(2,9(11)12-14)7-3-5-8(13)6-4-7/h3-6,13-14H,1-2H3,(H2,11,12). The second kappa shape index (κ2) is 3.67. The van der Waals surface area contributed by atoms with E-state index < -0.39 is 5.41 Å². The highest BCUT2D eigenvalue weighted by Crippen LogP contribution is 2.24. The molecule has 0 bridgehead atoms. The summed E-state index contributed by atoms with van der Waals surface area (Å²) >= 11 is 0. The van der Waals surface area contributed by atoms with Crippen molar-refractivity contribution in [3.8, 4) is 5.75 Å². The Morgan fingerprint density at radius 2 is 1.79 bits per heavy atom. The first-order valence-corrected chi connectivity index (χ1v) is 4.27. The highest BCUT2D eigenvalue weighted by molar-refractivity contribution is 5.88. The first kappa shape index (κ1) is 10.5. The van der Waals surface area contributed by atoms with E-state index in [0.29, 0.717) is 0 Å². The van der Waals surface area contributed by atoms with E-state index in [1.54, 1.807) is 24.3 Å². The maximum absolute atomic E-state index is 9.10. The molecule has 0 saturated heterocycles. The van der Waals surface area contributed by atoms with Crippen LogP contribution in [0.1, 0.15) is 19.4 Å². The predicted molar refractivity (Wildman–Crippen MR) is 53.8 cm³/mol. The number of phenols is 1. The summed E-state index contributed by atoms with van der Waals surface area (Å²) in [6.45, 7) is 3.62. The van der Waals surface area contributed by atoms with Crippen LogP contribution in [0.4, 0.5) is 0 Å². The lowest BCUT2D eigenvalue weighted by molar-refractivity contribution is 0.225. The Morgan fingerprint density at radius 3 is 2.21 bits per heavy atom. The zero-order valence-corrected chi connectivity index (χ0v) is 8.20. The number of aromatic hydroxyl groups is 1. The van der Waals surface area contributed by atoms with E-state index in [-0.39, 0.29) is 11.6 Å². The summed E-state index contributed by atoms with van der Waals surface area (Å²) in [5, 5.41) is 25.3. The zero-order valence-electron chi connectivity index (χ0n) is 8.20. The molecule has 0 aliphatic carbocycles. The minimum absolute atomic E-state index is 0.0168. The molecule has 1 aromatic rings. The van der Waals surface area contributed by atoms with Crippen LogP contribution in [0, 0.1) is 5.41 Å². The number of benzene rings is 1. The molecule has 0 amide bonds. The fourth-order valence-electron chi connectivity index (χ4n) is 1.16. The molecule has 0 heterocycles. The minimum atomic E-state index is -0.595. The summed E-state index contributed by atoms with van der Waals surface area (Å²) in [5.41, 5.74) is 2.09. The van der Waals surface area contributed by atoms with Gasteiger partial charge in [0.05, 0.1) is 0 Å². The summed E-state index contributed by atoms with van der Waals surface area (Å²) in [6, 6.07) is 6.56. The van der Waals surface area contributed by atoms with E-state index in [1.807, 2.05) is 19.3 Å². The van der Waals surface area contributed by atoms with Gasteiger partial charge in [0, 0.05) is 5.41 Å². The first-order valence-electron chi connectivity index (χ1n) is 4.27. The molecular formula is C10H14N2O2. The number of hydrogen-bond donors (Lipinski definition) is 4. The van der Waals surface area contributed by atoms with Crippen LogP contribution in [0.3, 0.4) is 0 Å². The lowest BCUT2D eigenvalue weighted by Gasteiger charge is -2.24. The number of amidine groups is 1. The van der Waals surface area contributed by atoms with Crippen LogP contribution in [-0.2, 0) is 5.41 Å². The van der Waals surface area contributed by atoms with Crippen molar-refractivity contribution in [3.05, 3.63) is 29.8 Å². The third kappa shape index (κ3) is 1.85. The van der Waals surface area contributed by atoms with Crippen LogP contribution in [0.5, 0.6) is 5.75 Å². The summed E-state index contributed by atoms with van der Waals surface area (Å²) in [5.74, 6) is 0.205. The van der Waals surface area contributed by atoms with Gasteiger partial charge in [-0.2, -0.15) is 0 Å². The van der Waals surface area contributed by atoms with Gasteiger partial charge >= 0.3 is 0 Å². The fraction of sp³-hybridized carbons (Fsp3) is 0.300. The molecule has 0 unspecified atom stereocenters. The van der Waals surface area contributed by atoms with Crippen LogP contribution < -0.4 is 5.48 Å². The molecule has 4 heteroatoms. The van der Waals surface area contributed by atoms with E-state index in [2.05, 4.69) is 0 Å². The molecule has 1 aromatic carbocycles. The molecule has 0 radical (unpaired) electrons. The van der Waals surface area contributed by atoms with Crippen molar-refractivity contribution in [2.24, 2.45) is 0 Å². The Labute approximate surface area is 82.7 Å². The van der Waals surface area contributed by atoms with Gasteiger partial charge in [-0.15, -0.1) is 0 Å². The van der Waals surface area contributed by atoms with Crippen LogP contribution in [0.15, 0.2) is 24.3 Å². The number of phenolic OH excluding ortho intramolecular Hbond substituents is 1. The van der Waals surface area contributed by atoms with Crippen molar-refractivity contribution in [2.45, 2.75) is 19.3 Å². The number of hydrogen-bond acceptors (Lipinski definition) is 3. The molecule has 0 fully saturated rings. The van der Waals surface area contributed by atoms with Gasteiger partial charge in [0.2, 0.25) is 0 Å². The lowest BCUT2D eigenvalue weighted by atomic mass is 9.83. The minimum Gasteiger partial charge on any atom is -0.508 e. The molecule has 76 valence electrons. The normalized spacial score (nSPS) is 11.1. The largest absolute Gasteiger partial charge is 0.508 e. The molecule has 4 nitrogen and oxygen atoms in total. The molecular weight excluding hydrogens is 180 g/mol. The molecule has 0 spiro atoms. The van der Waals surface area contributed by atoms with Gasteiger partial charge in [-0.3, -0.25) is 16.1 Å². The van der Waals surface area contributed by atoms with Crippen molar-refractivity contribution < 1.29 is 10.3 Å². The van der Waals surface area contributed by atoms with Gasteiger partial charge in [0.25, 0.3) is 0 Å². The average Bonchev–Trinajstić information content (AvgIpc) is 2.17. The van der Waals surface area contributed by atoms with Gasteiger partial charge in [0.1, 0.15) is 11.6 Å². The molecule has 4 N–H and O–H groups in total. The summed E-state index contributed by atoms with van der Waals surface area (Å²) in [7, 11) is 0. The lowest BCUT2D eigenvalue weighted by Crippen LogP contribution is -2.37. The quantitative estimate of drug-likeness (QED) is 0.328. The maximum atomic E-state index is 9.10. The van der Waals surface area contributed by atoms with Crippen molar-refractivity contribution in [1.82, 2.24) is 5.48 Å². The molecule has 1 rings (SSSR count). The summed E-state index contributed by atoms with van der Waals surface area (Å²) in [6.07, 6.45) is 0. The van der Waals surface area contributed by atoms with Crippen molar-refractivity contribution in [2.75, 3.05) is 0 Å². The third-order valence-electron chi connectivity index (χ3n) is 2.33. The SMILES string of the molecule is CC(C)(C(=N)NO)c1ccc(O)cc1. The fourth-order valence-corrected chi connectivity index (χ4v) is 1.16. The van der Waals surface area contributed by atoms with Gasteiger partial charge in [-0.1, -0.05) is 12.1 Å². The molecule has 14 heavy (non-hydrogen) atoms. The van der Waals surface area contributed by atoms with Gasteiger partial charge in [0.15, 0.2) is 0 Å². The average molecular weight is 194 g/mol. The van der Waals surface area contributed by atoms with Crippen LogP contribution in [0.2, 0.25) is 0 Å². The Balaban J connectivity index is 3.03. The molecule has 0 aliphatic heterocycles. The maximum Gasteiger partial charge on any atom is 0.127 e. The topological polar surface area (TPSA) is 76.3 Å². The van der Waals surface area contributed by atoms with Crippen LogP contribution >= 0.6 is 0 Å². The van der Waals surface area contributed by atoms with E-state index in [1.165, 1.54) is 0 Å². The Hall–Kier alpha value is -1.55. The summed E-state index contributed by atoms with van der Waals surface area (Å²) in [4.78, 5) is 0. The Kier molecular flexibility index (Phi) is 2.76. The number of rotatable bonds is 2. The first-order chi connectivity index (χ1) is 6.48. The van der Waals surface area contributed by atoms with Crippen molar-refractivity contribution in [1.29, 1.82) is 5.41 Å². The van der Waals surface area contributed by atoms with Crippen molar-refractivity contribution in [3.63, 3.8) is 0 Å². The van der Waals surface area contributed by atoms with Crippen LogP contribution in [-0.4, -0.2) is 16.1 Å². The van der Waals surface area contributed by atoms with Crippen molar-refractivity contribution >= 4 is 5.84 Å². The highest BCUT2D eigenvalue weighted by atomic mass is 16.5. The second-order valence-electron chi connectivity index (χ2n) is 3.66. The van der Waals surface area contributed by atoms with Crippen LogP contribution in [0.25, 0.3) is 0 Å². The van der Waals surface area contributed by atoms with Gasteiger partial charge in [-0.25, -0.2) is 0 Å². The second-order valence-corrected chi connectivity index (χ2v) is 3.66. The monoisotopic (exact) mass is 194 g/mol. The molecule has 0 aliphatic rings. The molecule has 0 saturated carbocycles. The van der Waals surface area contributed by atoms with E-state index in [4.69, 9.17) is 15.7 Å². The van der Waals surface area contributed by atoms with Gasteiger partial charge in [-0.05, 0) is 31.5 Å².